The summed E-state index contributed by atoms with van der Waals surface area (Å²) in [6.07, 6.45) is 1.61. The Morgan fingerprint density at radius 3 is 2.86 bits per heavy atom. The van der Waals surface area contributed by atoms with Gasteiger partial charge in [0.25, 0.3) is 0 Å². The van der Waals surface area contributed by atoms with Crippen LogP contribution in [0.1, 0.15) is 22.8 Å². The number of hydrogen-bond acceptors (Lipinski definition) is 4. The van der Waals surface area contributed by atoms with Crippen LogP contribution in [0.3, 0.4) is 0 Å². The van der Waals surface area contributed by atoms with Gasteiger partial charge in [0.1, 0.15) is 17.2 Å². The molecule has 0 saturated carbocycles. The third-order valence-electron chi connectivity index (χ3n) is 3.12. The van der Waals surface area contributed by atoms with Crippen molar-refractivity contribution < 1.29 is 19.4 Å². The minimum atomic E-state index is -0.170. The average molecular weight is 282 g/mol. The molecular formula is C17H14O4. The maximum Gasteiger partial charge on any atom is 0.231 e. The van der Waals surface area contributed by atoms with Gasteiger partial charge in [0.05, 0.1) is 12.2 Å². The molecule has 106 valence electrons. The molecule has 1 aliphatic rings. The second kappa shape index (κ2) is 5.32. The van der Waals surface area contributed by atoms with E-state index in [0.29, 0.717) is 29.2 Å². The number of hydrogen-bond donors (Lipinski definition) is 1. The van der Waals surface area contributed by atoms with E-state index in [4.69, 9.17) is 9.47 Å². The quantitative estimate of drug-likeness (QED) is 0.876. The smallest absolute Gasteiger partial charge is 0.231 e. The van der Waals surface area contributed by atoms with Crippen LogP contribution in [0, 0.1) is 0 Å². The second-order valence-corrected chi connectivity index (χ2v) is 4.63. The van der Waals surface area contributed by atoms with Crippen LogP contribution in [0.4, 0.5) is 0 Å². The van der Waals surface area contributed by atoms with Crippen molar-refractivity contribution in [2.45, 2.75) is 6.92 Å². The van der Waals surface area contributed by atoms with Gasteiger partial charge in [-0.05, 0) is 42.8 Å². The fourth-order valence-corrected chi connectivity index (χ4v) is 2.19. The number of rotatable bonds is 3. The predicted molar refractivity (Wildman–Crippen MR) is 78.7 cm³/mol. The van der Waals surface area contributed by atoms with Crippen molar-refractivity contribution >= 4 is 11.9 Å². The molecular weight excluding hydrogens is 268 g/mol. The van der Waals surface area contributed by atoms with E-state index >= 15 is 0 Å². The average Bonchev–Trinajstić information content (AvgIpc) is 2.75. The number of aromatic hydroxyl groups is 1. The summed E-state index contributed by atoms with van der Waals surface area (Å²) < 4.78 is 11.0. The van der Waals surface area contributed by atoms with Crippen LogP contribution in [0.5, 0.6) is 17.2 Å². The fourth-order valence-electron chi connectivity index (χ4n) is 2.19. The molecule has 0 radical (unpaired) electrons. The Kier molecular flexibility index (Phi) is 3.36. The molecule has 0 spiro atoms. The number of Topliss-reactive ketones (excluding diaryl/α,β-unsaturated/α-hetero) is 1. The van der Waals surface area contributed by atoms with Gasteiger partial charge in [-0.25, -0.2) is 0 Å². The summed E-state index contributed by atoms with van der Waals surface area (Å²) in [4.78, 5) is 12.3. The van der Waals surface area contributed by atoms with Crippen molar-refractivity contribution in [2.24, 2.45) is 0 Å². The van der Waals surface area contributed by atoms with Crippen LogP contribution in [0.15, 0.2) is 48.2 Å². The number of allylic oxidation sites excluding steroid dienone is 1. The van der Waals surface area contributed by atoms with E-state index in [-0.39, 0.29) is 17.3 Å². The molecule has 0 saturated heterocycles. The summed E-state index contributed by atoms with van der Waals surface area (Å²) >= 11 is 0. The van der Waals surface area contributed by atoms with Gasteiger partial charge in [-0.3, -0.25) is 4.79 Å². The summed E-state index contributed by atoms with van der Waals surface area (Å²) in [5.74, 6) is 1.38. The van der Waals surface area contributed by atoms with E-state index < -0.39 is 0 Å². The highest BCUT2D eigenvalue weighted by Crippen LogP contribution is 2.35. The zero-order valence-corrected chi connectivity index (χ0v) is 11.5. The van der Waals surface area contributed by atoms with E-state index in [1.54, 1.807) is 48.5 Å². The van der Waals surface area contributed by atoms with Gasteiger partial charge in [0, 0.05) is 6.07 Å². The molecule has 1 N–H and O–H groups in total. The molecule has 2 aromatic carbocycles. The van der Waals surface area contributed by atoms with Gasteiger partial charge < -0.3 is 14.6 Å². The van der Waals surface area contributed by atoms with Crippen molar-refractivity contribution in [3.63, 3.8) is 0 Å². The molecule has 0 fully saturated rings. The summed E-state index contributed by atoms with van der Waals surface area (Å²) in [6, 6.07) is 11.8. The first-order valence-corrected chi connectivity index (χ1v) is 6.67. The van der Waals surface area contributed by atoms with Crippen molar-refractivity contribution in [1.29, 1.82) is 0 Å². The molecule has 0 aromatic heterocycles. The number of phenols is 1. The first-order valence-electron chi connectivity index (χ1n) is 6.67. The normalized spacial score (nSPS) is 14.9. The van der Waals surface area contributed by atoms with Gasteiger partial charge in [-0.2, -0.15) is 0 Å². The summed E-state index contributed by atoms with van der Waals surface area (Å²) in [7, 11) is 0. The number of ketones is 1. The summed E-state index contributed by atoms with van der Waals surface area (Å²) in [5.41, 5.74) is 1.22. The maximum absolute atomic E-state index is 12.3. The van der Waals surface area contributed by atoms with Crippen molar-refractivity contribution in [1.82, 2.24) is 0 Å². The number of carbonyl (C=O) groups excluding carboxylic acids is 1. The van der Waals surface area contributed by atoms with E-state index in [1.807, 2.05) is 6.92 Å². The van der Waals surface area contributed by atoms with Crippen LogP contribution in [-0.2, 0) is 0 Å². The topological polar surface area (TPSA) is 55.8 Å². The van der Waals surface area contributed by atoms with Gasteiger partial charge in [-0.1, -0.05) is 12.1 Å². The molecule has 0 amide bonds. The van der Waals surface area contributed by atoms with E-state index in [2.05, 4.69) is 0 Å². The SMILES string of the molecule is CCOc1ccc2c(c1)O/C(=C\c1cccc(O)c1)C2=O. The number of benzene rings is 2. The summed E-state index contributed by atoms with van der Waals surface area (Å²) in [6.45, 7) is 2.45. The van der Waals surface area contributed by atoms with Crippen LogP contribution < -0.4 is 9.47 Å². The molecule has 2 aromatic rings. The lowest BCUT2D eigenvalue weighted by Crippen LogP contribution is -1.97. The van der Waals surface area contributed by atoms with Crippen LogP contribution in [0.25, 0.3) is 6.08 Å². The Bertz CT molecular complexity index is 731. The minimum absolute atomic E-state index is 0.144. The largest absolute Gasteiger partial charge is 0.508 e. The monoisotopic (exact) mass is 282 g/mol. The first-order chi connectivity index (χ1) is 10.2. The zero-order chi connectivity index (χ0) is 14.8. The van der Waals surface area contributed by atoms with Crippen molar-refractivity contribution in [3.05, 3.63) is 59.4 Å². The number of fused-ring (bicyclic) bond motifs is 1. The Labute approximate surface area is 122 Å². The van der Waals surface area contributed by atoms with Crippen LogP contribution >= 0.6 is 0 Å². The number of phenolic OH excluding ortho intramolecular Hbond substituents is 1. The third kappa shape index (κ3) is 2.60. The molecule has 0 unspecified atom stereocenters. The Hall–Kier alpha value is -2.75. The van der Waals surface area contributed by atoms with E-state index in [1.165, 1.54) is 0 Å². The summed E-state index contributed by atoms with van der Waals surface area (Å²) in [5, 5.41) is 9.45. The van der Waals surface area contributed by atoms with Crippen molar-refractivity contribution in [3.8, 4) is 17.2 Å². The lowest BCUT2D eigenvalue weighted by molar-refractivity contribution is 0.101. The number of carbonyl (C=O) groups is 1. The third-order valence-corrected chi connectivity index (χ3v) is 3.12. The standard InChI is InChI=1S/C17H14O4/c1-2-20-13-6-7-14-15(10-13)21-16(17(14)19)9-11-4-3-5-12(18)8-11/h3-10,18H,2H2,1H3/b16-9-. The zero-order valence-electron chi connectivity index (χ0n) is 11.5. The van der Waals surface area contributed by atoms with Gasteiger partial charge in [0.2, 0.25) is 5.78 Å². The first kappa shape index (κ1) is 13.2. The lowest BCUT2D eigenvalue weighted by atomic mass is 10.1. The predicted octanol–water partition coefficient (Wildman–Crippen LogP) is 3.41. The minimum Gasteiger partial charge on any atom is -0.508 e. The molecule has 21 heavy (non-hydrogen) atoms. The fraction of sp³-hybridized carbons (Fsp3) is 0.118. The molecule has 0 aliphatic carbocycles. The van der Waals surface area contributed by atoms with Gasteiger partial charge in [0.15, 0.2) is 5.76 Å². The van der Waals surface area contributed by atoms with E-state index in [0.717, 1.165) is 0 Å². The highest BCUT2D eigenvalue weighted by molar-refractivity contribution is 6.14. The van der Waals surface area contributed by atoms with Crippen molar-refractivity contribution in [2.75, 3.05) is 6.61 Å². The molecule has 4 heteroatoms. The molecule has 0 bridgehead atoms. The lowest BCUT2D eigenvalue weighted by Gasteiger charge is -2.03. The van der Waals surface area contributed by atoms with Crippen LogP contribution in [0.2, 0.25) is 0 Å². The number of ether oxygens (including phenoxy) is 2. The molecule has 3 rings (SSSR count). The van der Waals surface area contributed by atoms with Gasteiger partial charge in [-0.15, -0.1) is 0 Å². The highest BCUT2D eigenvalue weighted by atomic mass is 16.5. The van der Waals surface area contributed by atoms with E-state index in [9.17, 15) is 9.90 Å². The molecule has 4 nitrogen and oxygen atoms in total. The Balaban J connectivity index is 1.92. The maximum atomic E-state index is 12.3. The highest BCUT2D eigenvalue weighted by Gasteiger charge is 2.27. The van der Waals surface area contributed by atoms with Gasteiger partial charge >= 0.3 is 0 Å². The molecule has 1 aliphatic heterocycles. The molecule has 0 atom stereocenters. The van der Waals surface area contributed by atoms with Crippen LogP contribution in [-0.4, -0.2) is 17.5 Å². The molecule has 1 heterocycles. The Morgan fingerprint density at radius 2 is 2.10 bits per heavy atom. The second-order valence-electron chi connectivity index (χ2n) is 4.63. The Morgan fingerprint density at radius 1 is 1.24 bits per heavy atom.